The van der Waals surface area contributed by atoms with Crippen LogP contribution in [0.4, 0.5) is 0 Å². The van der Waals surface area contributed by atoms with Gasteiger partial charge in [0, 0.05) is 6.42 Å². The molecule has 0 aromatic heterocycles. The Kier molecular flexibility index (Phi) is 48.5. The molecule has 0 aromatic carbocycles. The molecule has 3 atom stereocenters. The zero-order chi connectivity index (χ0) is 45.2. The molecule has 0 bridgehead atoms. The van der Waals surface area contributed by atoms with Crippen LogP contribution in [0.5, 0.6) is 0 Å². The van der Waals surface area contributed by atoms with Crippen molar-refractivity contribution in [3.05, 3.63) is 36.5 Å². The highest BCUT2D eigenvalue weighted by molar-refractivity contribution is 5.77. The molecule has 0 heterocycles. The van der Waals surface area contributed by atoms with Gasteiger partial charge in [0.25, 0.3) is 0 Å². The Bertz CT molecular complexity index is 1020. The Hall–Kier alpha value is -1.92. The molecule has 62 heavy (non-hydrogen) atoms. The summed E-state index contributed by atoms with van der Waals surface area (Å²) in [5, 5.41) is 23.8. The molecule has 1 amide bonds. The number of amides is 1. The standard InChI is InChI=1S/C56H105NO5/c1-4-7-10-13-16-19-22-24-26-28-29-31-33-36-39-42-45-48-54(59)53(51-58)57-55(60)50-52(47-44-41-38-35-21-18-15-12-9-6-3)62-56(61)49-46-43-40-37-34-32-30-27-25-23-20-17-14-11-8-5-2/h8,11,17,20,25,27,52-54,58-59H,4-7,9-10,12-16,18-19,21-24,26,28-51H2,1-3H3,(H,57,60)/b11-8+,20-17+,27-25+. The van der Waals surface area contributed by atoms with Crippen molar-refractivity contribution in [2.75, 3.05) is 6.61 Å². The van der Waals surface area contributed by atoms with Crippen LogP contribution < -0.4 is 5.32 Å². The molecule has 3 N–H and O–H groups in total. The van der Waals surface area contributed by atoms with E-state index in [-0.39, 0.29) is 24.9 Å². The molecule has 364 valence electrons. The average Bonchev–Trinajstić information content (AvgIpc) is 3.26. The van der Waals surface area contributed by atoms with Crippen molar-refractivity contribution in [2.45, 2.75) is 302 Å². The van der Waals surface area contributed by atoms with Gasteiger partial charge in [-0.3, -0.25) is 9.59 Å². The SMILES string of the molecule is CC/C=C/C/C=C/C/C=C/CCCCCCCCC(=O)OC(CCCCCCCCCCCC)CC(=O)NC(CO)C(O)CCCCCCCCCCCCCCCCCCC. The van der Waals surface area contributed by atoms with Gasteiger partial charge in [-0.25, -0.2) is 0 Å². The Labute approximate surface area is 385 Å². The third-order valence-electron chi connectivity index (χ3n) is 12.5. The van der Waals surface area contributed by atoms with Crippen molar-refractivity contribution in [3.63, 3.8) is 0 Å². The lowest BCUT2D eigenvalue weighted by Gasteiger charge is -2.24. The highest BCUT2D eigenvalue weighted by Gasteiger charge is 2.24. The van der Waals surface area contributed by atoms with Crippen molar-refractivity contribution in [1.82, 2.24) is 5.32 Å². The third-order valence-corrected chi connectivity index (χ3v) is 12.5. The van der Waals surface area contributed by atoms with E-state index in [4.69, 9.17) is 4.74 Å². The fourth-order valence-corrected chi connectivity index (χ4v) is 8.39. The summed E-state index contributed by atoms with van der Waals surface area (Å²) in [4.78, 5) is 26.1. The van der Waals surface area contributed by atoms with Gasteiger partial charge in [0.05, 0.1) is 25.2 Å². The minimum Gasteiger partial charge on any atom is -0.462 e. The highest BCUT2D eigenvalue weighted by atomic mass is 16.5. The summed E-state index contributed by atoms with van der Waals surface area (Å²) < 4.78 is 5.93. The first-order valence-corrected chi connectivity index (χ1v) is 27.2. The van der Waals surface area contributed by atoms with Crippen molar-refractivity contribution < 1.29 is 24.5 Å². The number of aliphatic hydroxyl groups excluding tert-OH is 2. The van der Waals surface area contributed by atoms with Gasteiger partial charge in [-0.1, -0.05) is 250 Å². The summed E-state index contributed by atoms with van der Waals surface area (Å²) in [6.07, 6.45) is 59.2. The fourth-order valence-electron chi connectivity index (χ4n) is 8.39. The lowest BCUT2D eigenvalue weighted by molar-refractivity contribution is -0.151. The fraction of sp³-hybridized carbons (Fsp3) is 0.857. The summed E-state index contributed by atoms with van der Waals surface area (Å²) in [5.41, 5.74) is 0. The van der Waals surface area contributed by atoms with Gasteiger partial charge in [0.1, 0.15) is 6.10 Å². The van der Waals surface area contributed by atoms with E-state index in [9.17, 15) is 19.8 Å². The molecular weight excluding hydrogens is 767 g/mol. The Balaban J connectivity index is 4.44. The number of hydrogen-bond donors (Lipinski definition) is 3. The normalized spacial score (nSPS) is 13.4. The molecule has 0 saturated carbocycles. The van der Waals surface area contributed by atoms with Crippen molar-refractivity contribution >= 4 is 11.9 Å². The summed E-state index contributed by atoms with van der Waals surface area (Å²) in [6, 6.07) is -0.701. The first-order valence-electron chi connectivity index (χ1n) is 27.2. The molecule has 6 nitrogen and oxygen atoms in total. The largest absolute Gasteiger partial charge is 0.462 e. The molecule has 0 aliphatic rings. The first kappa shape index (κ1) is 60.1. The quantitative estimate of drug-likeness (QED) is 0.0321. The maximum atomic E-state index is 13.2. The van der Waals surface area contributed by atoms with Crippen LogP contribution in [0, 0.1) is 0 Å². The maximum absolute atomic E-state index is 13.2. The Morgan fingerprint density at radius 2 is 0.871 bits per heavy atom. The number of hydrogen-bond acceptors (Lipinski definition) is 5. The van der Waals surface area contributed by atoms with E-state index < -0.39 is 18.2 Å². The number of ether oxygens (including phenoxy) is 1. The summed E-state index contributed by atoms with van der Waals surface area (Å²) >= 11 is 0. The van der Waals surface area contributed by atoms with Crippen LogP contribution in [0.3, 0.4) is 0 Å². The second kappa shape index (κ2) is 50.1. The van der Waals surface area contributed by atoms with E-state index in [0.717, 1.165) is 70.6 Å². The second-order valence-electron chi connectivity index (χ2n) is 18.6. The number of carbonyl (C=O) groups excluding carboxylic acids is 2. The summed E-state index contributed by atoms with van der Waals surface area (Å²) in [6.45, 7) is 6.39. The van der Waals surface area contributed by atoms with E-state index in [1.807, 2.05) is 0 Å². The lowest BCUT2D eigenvalue weighted by atomic mass is 10.0. The molecule has 0 saturated heterocycles. The maximum Gasteiger partial charge on any atom is 0.306 e. The van der Waals surface area contributed by atoms with Crippen LogP contribution in [-0.2, 0) is 14.3 Å². The van der Waals surface area contributed by atoms with Gasteiger partial charge in [-0.2, -0.15) is 0 Å². The average molecular weight is 872 g/mol. The second-order valence-corrected chi connectivity index (χ2v) is 18.6. The zero-order valence-corrected chi connectivity index (χ0v) is 41.5. The molecule has 0 spiro atoms. The van der Waals surface area contributed by atoms with Crippen LogP contribution in [0.2, 0.25) is 0 Å². The molecule has 0 rings (SSSR count). The smallest absolute Gasteiger partial charge is 0.306 e. The minimum absolute atomic E-state index is 0.0759. The van der Waals surface area contributed by atoms with Gasteiger partial charge >= 0.3 is 5.97 Å². The number of esters is 1. The Morgan fingerprint density at radius 1 is 0.484 bits per heavy atom. The van der Waals surface area contributed by atoms with E-state index in [1.165, 1.54) is 167 Å². The van der Waals surface area contributed by atoms with Gasteiger partial charge in [0.15, 0.2) is 0 Å². The number of aliphatic hydroxyl groups is 2. The number of nitrogens with one attached hydrogen (secondary N) is 1. The van der Waals surface area contributed by atoms with Crippen LogP contribution in [0.25, 0.3) is 0 Å². The first-order chi connectivity index (χ1) is 30.5. The van der Waals surface area contributed by atoms with Crippen molar-refractivity contribution in [3.8, 4) is 0 Å². The zero-order valence-electron chi connectivity index (χ0n) is 41.5. The Morgan fingerprint density at radius 3 is 1.32 bits per heavy atom. The van der Waals surface area contributed by atoms with E-state index in [2.05, 4.69) is 62.5 Å². The monoisotopic (exact) mass is 872 g/mol. The predicted octanol–water partition coefficient (Wildman–Crippen LogP) is 16.5. The molecule has 0 radical (unpaired) electrons. The minimum atomic E-state index is -0.787. The lowest BCUT2D eigenvalue weighted by Crippen LogP contribution is -2.46. The van der Waals surface area contributed by atoms with E-state index in [1.54, 1.807) is 0 Å². The van der Waals surface area contributed by atoms with Crippen LogP contribution in [-0.4, -0.2) is 46.9 Å². The van der Waals surface area contributed by atoms with Crippen LogP contribution >= 0.6 is 0 Å². The molecule has 6 heteroatoms. The van der Waals surface area contributed by atoms with Gasteiger partial charge in [-0.05, 0) is 57.8 Å². The van der Waals surface area contributed by atoms with E-state index >= 15 is 0 Å². The van der Waals surface area contributed by atoms with Crippen LogP contribution in [0.1, 0.15) is 284 Å². The molecule has 0 aromatic rings. The number of rotatable bonds is 49. The molecular formula is C56H105NO5. The van der Waals surface area contributed by atoms with Gasteiger partial charge < -0.3 is 20.3 Å². The predicted molar refractivity (Wildman–Crippen MR) is 269 cm³/mol. The number of unbranched alkanes of at least 4 members (excludes halogenated alkanes) is 31. The molecule has 0 aliphatic heterocycles. The molecule has 0 aliphatic carbocycles. The molecule has 0 fully saturated rings. The van der Waals surface area contributed by atoms with Crippen molar-refractivity contribution in [2.24, 2.45) is 0 Å². The molecule has 3 unspecified atom stereocenters. The van der Waals surface area contributed by atoms with E-state index in [0.29, 0.717) is 19.3 Å². The number of carbonyl (C=O) groups is 2. The summed E-state index contributed by atoms with van der Waals surface area (Å²) in [5.74, 6) is -0.477. The highest BCUT2D eigenvalue weighted by Crippen LogP contribution is 2.18. The third kappa shape index (κ3) is 44.7. The summed E-state index contributed by atoms with van der Waals surface area (Å²) in [7, 11) is 0. The number of allylic oxidation sites excluding steroid dienone is 6. The van der Waals surface area contributed by atoms with Crippen molar-refractivity contribution in [1.29, 1.82) is 0 Å². The van der Waals surface area contributed by atoms with Gasteiger partial charge in [-0.15, -0.1) is 0 Å². The topological polar surface area (TPSA) is 95.9 Å². The van der Waals surface area contributed by atoms with Crippen LogP contribution in [0.15, 0.2) is 36.5 Å². The van der Waals surface area contributed by atoms with Gasteiger partial charge in [0.2, 0.25) is 5.91 Å².